The van der Waals surface area contributed by atoms with Crippen LogP contribution in [0.15, 0.2) is 4.99 Å². The first-order chi connectivity index (χ1) is 11.2. The minimum atomic E-state index is 0.155. The van der Waals surface area contributed by atoms with E-state index in [1.807, 2.05) is 6.92 Å². The lowest BCUT2D eigenvalue weighted by atomic mass is 10.0. The van der Waals surface area contributed by atoms with E-state index in [1.165, 1.54) is 0 Å². The third kappa shape index (κ3) is 10.2. The highest BCUT2D eigenvalue weighted by atomic mass is 16.3. The molecule has 1 saturated carbocycles. The van der Waals surface area contributed by atoms with Crippen LogP contribution in [0.5, 0.6) is 0 Å². The molecule has 6 nitrogen and oxygen atoms in total. The molecule has 0 aromatic carbocycles. The Hall–Kier alpha value is -1.30. The summed E-state index contributed by atoms with van der Waals surface area (Å²) < 4.78 is 0. The Bertz CT molecular complexity index is 351. The monoisotopic (exact) mass is 326 g/mol. The Kier molecular flexibility index (Phi) is 10.4. The van der Waals surface area contributed by atoms with Gasteiger partial charge < -0.3 is 21.1 Å². The number of amides is 1. The van der Waals surface area contributed by atoms with E-state index >= 15 is 0 Å². The normalized spacial score (nSPS) is 16.0. The standard InChI is InChI=1S/C17H34N4O2/c1-3-6-14(10-12-22)13-20-17(18-4-2)19-11-5-7-16(23)21-15-8-9-15/h14-15,22H,3-13H2,1-2H3,(H,21,23)(H2,18,19,20). The van der Waals surface area contributed by atoms with Crippen LogP contribution >= 0.6 is 0 Å². The van der Waals surface area contributed by atoms with E-state index in [4.69, 9.17) is 5.11 Å². The highest BCUT2D eigenvalue weighted by Crippen LogP contribution is 2.18. The van der Waals surface area contributed by atoms with Crippen LogP contribution in [-0.4, -0.2) is 49.3 Å². The highest BCUT2D eigenvalue weighted by molar-refractivity contribution is 5.80. The molecular formula is C17H34N4O2. The van der Waals surface area contributed by atoms with E-state index in [1.54, 1.807) is 0 Å². The predicted molar refractivity (Wildman–Crippen MR) is 94.5 cm³/mol. The van der Waals surface area contributed by atoms with Crippen molar-refractivity contribution < 1.29 is 9.90 Å². The molecule has 0 aromatic rings. The number of aliphatic hydroxyl groups excluding tert-OH is 1. The van der Waals surface area contributed by atoms with Gasteiger partial charge in [-0.25, -0.2) is 0 Å². The Labute approximate surface area is 140 Å². The van der Waals surface area contributed by atoms with Crippen LogP contribution in [-0.2, 0) is 4.79 Å². The smallest absolute Gasteiger partial charge is 0.220 e. The van der Waals surface area contributed by atoms with E-state index in [0.717, 1.165) is 64.1 Å². The zero-order valence-electron chi connectivity index (χ0n) is 14.7. The zero-order valence-corrected chi connectivity index (χ0v) is 14.7. The maximum Gasteiger partial charge on any atom is 0.220 e. The SMILES string of the molecule is CCCC(CCO)CN=C(NCC)NCCCC(=O)NC1CC1. The van der Waals surface area contributed by atoms with E-state index in [0.29, 0.717) is 18.4 Å². The van der Waals surface area contributed by atoms with Crippen molar-refractivity contribution in [3.05, 3.63) is 0 Å². The van der Waals surface area contributed by atoms with Crippen LogP contribution in [0.3, 0.4) is 0 Å². The number of rotatable bonds is 12. The molecule has 0 aliphatic heterocycles. The Morgan fingerprint density at radius 1 is 1.26 bits per heavy atom. The number of carbonyl (C=O) groups excluding carboxylic acids is 1. The van der Waals surface area contributed by atoms with Gasteiger partial charge in [-0.2, -0.15) is 0 Å². The van der Waals surface area contributed by atoms with Gasteiger partial charge in [-0.15, -0.1) is 0 Å². The van der Waals surface area contributed by atoms with E-state index in [-0.39, 0.29) is 12.5 Å². The summed E-state index contributed by atoms with van der Waals surface area (Å²) in [4.78, 5) is 16.2. The second-order valence-electron chi connectivity index (χ2n) is 6.26. The molecule has 1 atom stereocenters. The van der Waals surface area contributed by atoms with Crippen LogP contribution < -0.4 is 16.0 Å². The maximum absolute atomic E-state index is 11.6. The topological polar surface area (TPSA) is 85.8 Å². The average molecular weight is 326 g/mol. The fourth-order valence-electron chi connectivity index (χ4n) is 2.46. The van der Waals surface area contributed by atoms with Gasteiger partial charge >= 0.3 is 0 Å². The number of carbonyl (C=O) groups is 1. The largest absolute Gasteiger partial charge is 0.396 e. The molecule has 1 amide bonds. The average Bonchev–Trinajstić information content (AvgIpc) is 3.33. The second-order valence-corrected chi connectivity index (χ2v) is 6.26. The molecule has 1 aliphatic rings. The van der Waals surface area contributed by atoms with Crippen molar-refractivity contribution >= 4 is 11.9 Å². The molecule has 1 aliphatic carbocycles. The molecule has 0 saturated heterocycles. The Morgan fingerprint density at radius 2 is 2.04 bits per heavy atom. The molecule has 0 aromatic heterocycles. The third-order valence-electron chi connectivity index (χ3n) is 3.90. The van der Waals surface area contributed by atoms with Gasteiger partial charge in [0.05, 0.1) is 0 Å². The molecule has 0 spiro atoms. The molecule has 1 rings (SSSR count). The van der Waals surface area contributed by atoms with Crippen molar-refractivity contribution in [2.24, 2.45) is 10.9 Å². The lowest BCUT2D eigenvalue weighted by Gasteiger charge is -2.15. The number of nitrogens with zero attached hydrogens (tertiary/aromatic N) is 1. The first-order valence-corrected chi connectivity index (χ1v) is 9.11. The molecule has 4 N–H and O–H groups in total. The maximum atomic E-state index is 11.6. The van der Waals surface area contributed by atoms with Gasteiger partial charge in [0.2, 0.25) is 5.91 Å². The van der Waals surface area contributed by atoms with Gasteiger partial charge in [0, 0.05) is 38.7 Å². The molecular weight excluding hydrogens is 292 g/mol. The van der Waals surface area contributed by atoms with Gasteiger partial charge in [0.1, 0.15) is 0 Å². The summed E-state index contributed by atoms with van der Waals surface area (Å²) in [6.45, 7) is 6.70. The summed E-state index contributed by atoms with van der Waals surface area (Å²) in [5.74, 6) is 1.39. The molecule has 1 unspecified atom stereocenters. The minimum absolute atomic E-state index is 0.155. The summed E-state index contributed by atoms with van der Waals surface area (Å²) in [5.41, 5.74) is 0. The van der Waals surface area contributed by atoms with Crippen molar-refractivity contribution in [1.82, 2.24) is 16.0 Å². The predicted octanol–water partition coefficient (Wildman–Crippen LogP) is 1.40. The summed E-state index contributed by atoms with van der Waals surface area (Å²) in [7, 11) is 0. The number of hydrogen-bond donors (Lipinski definition) is 4. The summed E-state index contributed by atoms with van der Waals surface area (Å²) >= 11 is 0. The molecule has 23 heavy (non-hydrogen) atoms. The summed E-state index contributed by atoms with van der Waals surface area (Å²) in [5, 5.41) is 18.6. The zero-order chi connectivity index (χ0) is 16.9. The number of aliphatic imine (C=N–C) groups is 1. The lowest BCUT2D eigenvalue weighted by molar-refractivity contribution is -0.121. The fraction of sp³-hybridized carbons (Fsp3) is 0.882. The summed E-state index contributed by atoms with van der Waals surface area (Å²) in [6, 6.07) is 0.441. The molecule has 134 valence electrons. The van der Waals surface area contributed by atoms with Gasteiger partial charge in [-0.05, 0) is 44.9 Å². The molecule has 1 fully saturated rings. The van der Waals surface area contributed by atoms with Crippen molar-refractivity contribution in [3.63, 3.8) is 0 Å². The number of aliphatic hydroxyl groups is 1. The van der Waals surface area contributed by atoms with Gasteiger partial charge in [-0.3, -0.25) is 9.79 Å². The Balaban J connectivity index is 2.25. The van der Waals surface area contributed by atoms with Gasteiger partial charge in [0.25, 0.3) is 0 Å². The molecule has 6 heteroatoms. The lowest BCUT2D eigenvalue weighted by Crippen LogP contribution is -2.38. The molecule has 0 bridgehead atoms. The van der Waals surface area contributed by atoms with Crippen LogP contribution in [0.1, 0.15) is 58.8 Å². The van der Waals surface area contributed by atoms with Crippen molar-refractivity contribution in [3.8, 4) is 0 Å². The highest BCUT2D eigenvalue weighted by Gasteiger charge is 2.22. The van der Waals surface area contributed by atoms with Crippen LogP contribution in [0.2, 0.25) is 0 Å². The first kappa shape index (κ1) is 19.7. The molecule has 0 radical (unpaired) electrons. The minimum Gasteiger partial charge on any atom is -0.396 e. The van der Waals surface area contributed by atoms with Gasteiger partial charge in [-0.1, -0.05) is 13.3 Å². The first-order valence-electron chi connectivity index (χ1n) is 9.11. The number of guanidine groups is 1. The van der Waals surface area contributed by atoms with Crippen LogP contribution in [0.25, 0.3) is 0 Å². The van der Waals surface area contributed by atoms with Gasteiger partial charge in [0.15, 0.2) is 5.96 Å². The quantitative estimate of drug-likeness (QED) is 0.248. The van der Waals surface area contributed by atoms with Crippen LogP contribution in [0.4, 0.5) is 0 Å². The fourth-order valence-corrected chi connectivity index (χ4v) is 2.46. The van der Waals surface area contributed by atoms with Crippen LogP contribution in [0, 0.1) is 5.92 Å². The van der Waals surface area contributed by atoms with E-state index in [9.17, 15) is 4.79 Å². The van der Waals surface area contributed by atoms with Crippen molar-refractivity contribution in [2.75, 3.05) is 26.2 Å². The third-order valence-corrected chi connectivity index (χ3v) is 3.90. The van der Waals surface area contributed by atoms with Crippen molar-refractivity contribution in [2.45, 2.75) is 64.8 Å². The van der Waals surface area contributed by atoms with E-state index in [2.05, 4.69) is 27.9 Å². The Morgan fingerprint density at radius 3 is 2.65 bits per heavy atom. The second kappa shape index (κ2) is 12.2. The molecule has 0 heterocycles. The number of nitrogens with one attached hydrogen (secondary N) is 3. The van der Waals surface area contributed by atoms with E-state index < -0.39 is 0 Å². The summed E-state index contributed by atoms with van der Waals surface area (Å²) in [6.07, 6.45) is 6.63. The van der Waals surface area contributed by atoms with Crippen molar-refractivity contribution in [1.29, 1.82) is 0 Å². The number of hydrogen-bond acceptors (Lipinski definition) is 3.